The van der Waals surface area contributed by atoms with Crippen LogP contribution in [0.4, 0.5) is 0 Å². The van der Waals surface area contributed by atoms with Crippen molar-refractivity contribution < 1.29 is 0 Å². The van der Waals surface area contributed by atoms with E-state index in [4.69, 9.17) is 9.97 Å². The molecule has 0 amide bonds. The van der Waals surface area contributed by atoms with E-state index >= 15 is 0 Å². The Morgan fingerprint density at radius 2 is 1.00 bits per heavy atom. The molecule has 0 spiro atoms. The molecule has 2 nitrogen and oxygen atoms in total. The minimum atomic E-state index is 1.10. The van der Waals surface area contributed by atoms with Crippen LogP contribution in [0.25, 0.3) is 11.4 Å². The van der Waals surface area contributed by atoms with Crippen LogP contribution in [0.5, 0.6) is 0 Å². The van der Waals surface area contributed by atoms with Crippen molar-refractivity contribution in [3.63, 3.8) is 0 Å². The van der Waals surface area contributed by atoms with Crippen molar-refractivity contribution in [1.29, 1.82) is 0 Å². The van der Waals surface area contributed by atoms with Gasteiger partial charge in [-0.1, -0.05) is 77.3 Å². The van der Waals surface area contributed by atoms with Gasteiger partial charge >= 0.3 is 0 Å². The molecule has 0 atom stereocenters. The molecule has 0 aliphatic rings. The van der Waals surface area contributed by atoms with E-state index in [1.54, 1.807) is 0 Å². The minimum absolute atomic E-state index is 1.10. The van der Waals surface area contributed by atoms with E-state index in [1.807, 2.05) is 12.4 Å². The Morgan fingerprint density at radius 3 is 1.42 bits per heavy atom. The highest BCUT2D eigenvalue weighted by molar-refractivity contribution is 5.62. The van der Waals surface area contributed by atoms with Gasteiger partial charge in [0.2, 0.25) is 0 Å². The third kappa shape index (κ3) is 6.90. The van der Waals surface area contributed by atoms with Crippen LogP contribution in [-0.4, -0.2) is 9.97 Å². The van der Waals surface area contributed by atoms with Gasteiger partial charge in [-0.25, -0.2) is 0 Å². The molecule has 0 unspecified atom stereocenters. The third-order valence-electron chi connectivity index (χ3n) is 5.11. The molecule has 0 radical (unpaired) electrons. The third-order valence-corrected chi connectivity index (χ3v) is 5.11. The second-order valence-corrected chi connectivity index (χ2v) is 7.35. The molecular weight excluding hydrogens is 316 g/mol. The maximum atomic E-state index is 4.72. The number of hydrogen-bond donors (Lipinski definition) is 0. The lowest BCUT2D eigenvalue weighted by atomic mass is 9.98. The van der Waals surface area contributed by atoms with Crippen molar-refractivity contribution in [2.45, 2.75) is 90.9 Å². The second kappa shape index (κ2) is 12.6. The van der Waals surface area contributed by atoms with Gasteiger partial charge in [0.25, 0.3) is 0 Å². The zero-order valence-corrected chi connectivity index (χ0v) is 16.8. The van der Waals surface area contributed by atoms with Crippen LogP contribution in [0.3, 0.4) is 0 Å². The molecular formula is C24H36N2. The molecule has 2 heteroatoms. The van der Waals surface area contributed by atoms with Gasteiger partial charge in [-0.05, 0) is 48.9 Å². The van der Waals surface area contributed by atoms with E-state index in [-0.39, 0.29) is 0 Å². The number of hydrogen-bond acceptors (Lipinski definition) is 2. The predicted octanol–water partition coefficient (Wildman–Crippen LogP) is 7.17. The molecule has 0 aliphatic heterocycles. The molecule has 0 N–H and O–H groups in total. The Kier molecular flexibility index (Phi) is 10.0. The fraction of sp³-hybridized carbons (Fsp3) is 0.583. The topological polar surface area (TPSA) is 25.8 Å². The number of aromatic nitrogens is 2. The number of rotatable bonds is 13. The van der Waals surface area contributed by atoms with E-state index in [0.717, 1.165) is 24.2 Å². The average molecular weight is 353 g/mol. The molecule has 2 aromatic heterocycles. The highest BCUT2D eigenvalue weighted by Gasteiger charge is 2.12. The highest BCUT2D eigenvalue weighted by atomic mass is 14.8. The van der Waals surface area contributed by atoms with Gasteiger partial charge in [0.1, 0.15) is 0 Å². The molecule has 2 heterocycles. The van der Waals surface area contributed by atoms with Crippen molar-refractivity contribution in [3.05, 3.63) is 47.8 Å². The quantitative estimate of drug-likeness (QED) is 0.357. The highest BCUT2D eigenvalue weighted by Crippen LogP contribution is 2.25. The molecule has 142 valence electrons. The Labute approximate surface area is 160 Å². The Hall–Kier alpha value is -1.70. The summed E-state index contributed by atoms with van der Waals surface area (Å²) in [4.78, 5) is 9.44. The zero-order valence-electron chi connectivity index (χ0n) is 16.8. The zero-order chi connectivity index (χ0) is 18.5. The van der Waals surface area contributed by atoms with Crippen LogP contribution < -0.4 is 0 Å². The number of unbranched alkanes of at least 4 members (excludes halogenated alkanes) is 8. The Bertz CT molecular complexity index is 566. The lowest BCUT2D eigenvalue weighted by molar-refractivity contribution is 0.630. The van der Waals surface area contributed by atoms with Crippen molar-refractivity contribution in [2.75, 3.05) is 0 Å². The van der Waals surface area contributed by atoms with Crippen LogP contribution >= 0.6 is 0 Å². The molecule has 0 fully saturated rings. The fourth-order valence-electron chi connectivity index (χ4n) is 3.55. The molecule has 2 rings (SSSR count). The summed E-state index contributed by atoms with van der Waals surface area (Å²) in [5, 5.41) is 0. The molecule has 0 bridgehead atoms. The van der Waals surface area contributed by atoms with Crippen LogP contribution in [0.2, 0.25) is 0 Å². The maximum Gasteiger partial charge on any atom is 0.0920 e. The predicted molar refractivity (Wildman–Crippen MR) is 112 cm³/mol. The SMILES string of the molecule is CCCCCCCc1cccnc1-c1ncccc1CCCCCCC. The summed E-state index contributed by atoms with van der Waals surface area (Å²) in [5.74, 6) is 0. The minimum Gasteiger partial charge on any atom is -0.254 e. The first kappa shape index (κ1) is 20.6. The van der Waals surface area contributed by atoms with Crippen LogP contribution in [0, 0.1) is 0 Å². The van der Waals surface area contributed by atoms with Crippen LogP contribution in [-0.2, 0) is 12.8 Å². The Balaban J connectivity index is 2.03. The van der Waals surface area contributed by atoms with Crippen LogP contribution in [0.15, 0.2) is 36.7 Å². The fourth-order valence-corrected chi connectivity index (χ4v) is 3.55. The maximum absolute atomic E-state index is 4.72. The number of nitrogens with zero attached hydrogens (tertiary/aromatic N) is 2. The Morgan fingerprint density at radius 1 is 0.577 bits per heavy atom. The first-order chi connectivity index (χ1) is 12.9. The van der Waals surface area contributed by atoms with Gasteiger partial charge < -0.3 is 0 Å². The summed E-state index contributed by atoms with van der Waals surface area (Å²) in [6, 6.07) is 8.61. The summed E-state index contributed by atoms with van der Waals surface area (Å²) < 4.78 is 0. The smallest absolute Gasteiger partial charge is 0.0920 e. The first-order valence-corrected chi connectivity index (χ1v) is 10.7. The number of pyridine rings is 2. The van der Waals surface area contributed by atoms with Gasteiger partial charge in [0.05, 0.1) is 11.4 Å². The monoisotopic (exact) mass is 352 g/mol. The van der Waals surface area contributed by atoms with Gasteiger partial charge in [0, 0.05) is 12.4 Å². The van der Waals surface area contributed by atoms with Crippen molar-refractivity contribution >= 4 is 0 Å². The summed E-state index contributed by atoms with van der Waals surface area (Å²) in [6.45, 7) is 4.54. The van der Waals surface area contributed by atoms with Gasteiger partial charge in [-0.2, -0.15) is 0 Å². The summed E-state index contributed by atoms with van der Waals surface area (Å²) in [5.41, 5.74) is 4.92. The van der Waals surface area contributed by atoms with Crippen LogP contribution in [0.1, 0.15) is 89.2 Å². The van der Waals surface area contributed by atoms with Crippen molar-refractivity contribution in [3.8, 4) is 11.4 Å². The molecule has 2 aromatic rings. The van der Waals surface area contributed by atoms with E-state index in [1.165, 1.54) is 75.3 Å². The summed E-state index contributed by atoms with van der Waals surface area (Å²) in [6.07, 6.45) is 19.2. The average Bonchev–Trinajstić information content (AvgIpc) is 2.68. The molecule has 26 heavy (non-hydrogen) atoms. The normalized spacial score (nSPS) is 11.0. The van der Waals surface area contributed by atoms with Gasteiger partial charge in [-0.15, -0.1) is 0 Å². The molecule has 0 saturated carbocycles. The van der Waals surface area contributed by atoms with Crippen molar-refractivity contribution in [1.82, 2.24) is 9.97 Å². The van der Waals surface area contributed by atoms with Gasteiger partial charge in [0.15, 0.2) is 0 Å². The lowest BCUT2D eigenvalue weighted by Gasteiger charge is -2.12. The standard InChI is InChI=1S/C24H36N2/c1-3-5-7-9-11-15-21-17-13-19-25-23(21)24-22(18-14-20-26-24)16-12-10-8-6-4-2/h13-14,17-20H,3-12,15-16H2,1-2H3. The molecule has 0 saturated heterocycles. The van der Waals surface area contributed by atoms with E-state index in [0.29, 0.717) is 0 Å². The summed E-state index contributed by atoms with van der Waals surface area (Å²) >= 11 is 0. The van der Waals surface area contributed by atoms with Gasteiger partial charge in [-0.3, -0.25) is 9.97 Å². The second-order valence-electron chi connectivity index (χ2n) is 7.35. The lowest BCUT2D eigenvalue weighted by Crippen LogP contribution is -2.00. The first-order valence-electron chi connectivity index (χ1n) is 10.7. The van der Waals surface area contributed by atoms with E-state index in [9.17, 15) is 0 Å². The van der Waals surface area contributed by atoms with E-state index in [2.05, 4.69) is 38.1 Å². The molecule has 0 aliphatic carbocycles. The largest absolute Gasteiger partial charge is 0.254 e. The molecule has 0 aromatic carbocycles. The number of aryl methyl sites for hydroxylation is 2. The van der Waals surface area contributed by atoms with E-state index < -0.39 is 0 Å². The summed E-state index contributed by atoms with van der Waals surface area (Å²) in [7, 11) is 0. The van der Waals surface area contributed by atoms with Crippen molar-refractivity contribution in [2.24, 2.45) is 0 Å².